The average molecular weight is 362 g/mol. The van der Waals surface area contributed by atoms with Gasteiger partial charge in [0.1, 0.15) is 5.75 Å². The quantitative estimate of drug-likeness (QED) is 0.581. The monoisotopic (exact) mass is 362 g/mol. The normalized spacial score (nSPS) is 11.6. The molecule has 2 aromatic carbocycles. The summed E-state index contributed by atoms with van der Waals surface area (Å²) in [7, 11) is -3.86. The lowest BCUT2D eigenvalue weighted by atomic mass is 10.1. The predicted molar refractivity (Wildman–Crippen MR) is 93.5 cm³/mol. The number of carbonyl (C=O) groups is 1. The summed E-state index contributed by atoms with van der Waals surface area (Å²) >= 11 is 0. The van der Waals surface area contributed by atoms with Crippen LogP contribution in [-0.4, -0.2) is 31.8 Å². The lowest BCUT2D eigenvalue weighted by Gasteiger charge is -2.10. The minimum atomic E-state index is -3.86. The van der Waals surface area contributed by atoms with Gasteiger partial charge in [-0.3, -0.25) is 0 Å². The van der Waals surface area contributed by atoms with Crippen LogP contribution >= 0.6 is 0 Å². The van der Waals surface area contributed by atoms with Crippen molar-refractivity contribution in [1.29, 1.82) is 0 Å². The fourth-order valence-corrected chi connectivity index (χ4v) is 2.78. The van der Waals surface area contributed by atoms with E-state index in [1.54, 1.807) is 24.3 Å². The summed E-state index contributed by atoms with van der Waals surface area (Å²) < 4.78 is 29.8. The van der Waals surface area contributed by atoms with Crippen LogP contribution < -0.4 is 9.57 Å². The molecule has 0 amide bonds. The first-order valence-corrected chi connectivity index (χ1v) is 8.92. The number of carboxylic acid groups (broad SMARTS) is 1. The topological polar surface area (TPSA) is 105 Å². The van der Waals surface area contributed by atoms with E-state index in [0.717, 1.165) is 6.21 Å². The molecule has 0 fully saturated rings. The van der Waals surface area contributed by atoms with Crippen LogP contribution in [0.25, 0.3) is 0 Å². The summed E-state index contributed by atoms with van der Waals surface area (Å²) in [5.41, 5.74) is 0.319. The second kappa shape index (κ2) is 7.80. The maximum absolute atomic E-state index is 12.2. The van der Waals surface area contributed by atoms with E-state index in [1.807, 2.05) is 13.8 Å². The van der Waals surface area contributed by atoms with Crippen molar-refractivity contribution in [1.82, 2.24) is 4.83 Å². The minimum absolute atomic E-state index is 0.0144. The van der Waals surface area contributed by atoms with Crippen molar-refractivity contribution in [2.24, 2.45) is 5.10 Å². The van der Waals surface area contributed by atoms with E-state index >= 15 is 0 Å². The van der Waals surface area contributed by atoms with Crippen molar-refractivity contribution in [2.45, 2.75) is 24.8 Å². The molecule has 0 aromatic heterocycles. The Bertz CT molecular complexity index is 874. The number of nitrogens with zero attached hydrogens (tertiary/aromatic N) is 1. The zero-order valence-electron chi connectivity index (χ0n) is 13.7. The van der Waals surface area contributed by atoms with Crippen molar-refractivity contribution in [3.8, 4) is 5.75 Å². The van der Waals surface area contributed by atoms with E-state index in [9.17, 15) is 13.2 Å². The Morgan fingerprint density at radius 2 is 1.80 bits per heavy atom. The van der Waals surface area contributed by atoms with E-state index in [2.05, 4.69) is 9.93 Å². The number of sulfonamides is 1. The number of benzene rings is 2. The molecule has 0 aliphatic carbocycles. The van der Waals surface area contributed by atoms with Gasteiger partial charge in [0.05, 0.1) is 22.8 Å². The van der Waals surface area contributed by atoms with Crippen molar-refractivity contribution in [3.05, 3.63) is 59.7 Å². The van der Waals surface area contributed by atoms with Crippen LogP contribution in [0.2, 0.25) is 0 Å². The highest BCUT2D eigenvalue weighted by Gasteiger charge is 2.13. The molecule has 0 atom stereocenters. The lowest BCUT2D eigenvalue weighted by molar-refractivity contribution is 0.0696. The number of hydrogen-bond acceptors (Lipinski definition) is 5. The van der Waals surface area contributed by atoms with Gasteiger partial charge in [-0.2, -0.15) is 13.5 Å². The molecule has 0 aliphatic rings. The standard InChI is InChI=1S/C17H18N2O5S/c1-12(2)24-14-7-9-15(10-8-14)25(22,23)19-18-11-13-5-3-4-6-16(13)17(20)21/h3-12,19H,1-2H3,(H,20,21)/b18-11+. The Balaban J connectivity index is 2.13. The van der Waals surface area contributed by atoms with Gasteiger partial charge in [-0.25, -0.2) is 9.63 Å². The van der Waals surface area contributed by atoms with Crippen LogP contribution in [0.5, 0.6) is 5.75 Å². The Morgan fingerprint density at radius 1 is 1.16 bits per heavy atom. The molecule has 0 saturated carbocycles. The van der Waals surface area contributed by atoms with Gasteiger partial charge in [0.25, 0.3) is 10.0 Å². The van der Waals surface area contributed by atoms with Crippen LogP contribution in [0.3, 0.4) is 0 Å². The van der Waals surface area contributed by atoms with Crippen molar-refractivity contribution in [2.75, 3.05) is 0 Å². The van der Waals surface area contributed by atoms with Crippen molar-refractivity contribution in [3.63, 3.8) is 0 Å². The van der Waals surface area contributed by atoms with Gasteiger partial charge in [-0.1, -0.05) is 18.2 Å². The third-order valence-corrected chi connectivity index (χ3v) is 4.31. The smallest absolute Gasteiger partial charge is 0.336 e. The highest BCUT2D eigenvalue weighted by Crippen LogP contribution is 2.17. The second-order valence-electron chi connectivity index (χ2n) is 5.38. The molecule has 0 heterocycles. The molecule has 0 unspecified atom stereocenters. The Hall–Kier alpha value is -2.87. The fraction of sp³-hybridized carbons (Fsp3) is 0.176. The zero-order chi connectivity index (χ0) is 18.4. The molecule has 25 heavy (non-hydrogen) atoms. The summed E-state index contributed by atoms with van der Waals surface area (Å²) in [4.78, 5) is 13.2. The first-order valence-electron chi connectivity index (χ1n) is 7.43. The van der Waals surface area contributed by atoms with Gasteiger partial charge in [0, 0.05) is 5.56 Å². The summed E-state index contributed by atoms with van der Waals surface area (Å²) in [6.07, 6.45) is 1.14. The van der Waals surface area contributed by atoms with Crippen LogP contribution in [0, 0.1) is 0 Å². The molecule has 8 heteroatoms. The number of rotatable bonds is 7. The van der Waals surface area contributed by atoms with Gasteiger partial charge in [-0.15, -0.1) is 0 Å². The number of hydrogen-bond donors (Lipinski definition) is 2. The first-order chi connectivity index (χ1) is 11.8. The van der Waals surface area contributed by atoms with Gasteiger partial charge >= 0.3 is 5.97 Å². The zero-order valence-corrected chi connectivity index (χ0v) is 14.5. The molecule has 7 nitrogen and oxygen atoms in total. The number of aromatic carboxylic acids is 1. The summed E-state index contributed by atoms with van der Waals surface area (Å²) in [6.45, 7) is 3.74. The molecule has 2 N–H and O–H groups in total. The van der Waals surface area contributed by atoms with Gasteiger partial charge < -0.3 is 9.84 Å². The lowest BCUT2D eigenvalue weighted by Crippen LogP contribution is -2.18. The Labute approximate surface area is 146 Å². The van der Waals surface area contributed by atoms with E-state index in [-0.39, 0.29) is 16.6 Å². The van der Waals surface area contributed by atoms with Crippen LogP contribution in [0.1, 0.15) is 29.8 Å². The van der Waals surface area contributed by atoms with Crippen LogP contribution in [0.4, 0.5) is 0 Å². The van der Waals surface area contributed by atoms with Gasteiger partial charge in [0.2, 0.25) is 0 Å². The highest BCUT2D eigenvalue weighted by molar-refractivity contribution is 7.89. The molecule has 2 aromatic rings. The number of hydrazone groups is 1. The summed E-state index contributed by atoms with van der Waals surface area (Å²) in [6, 6.07) is 12.1. The molecule has 2 rings (SSSR count). The number of carboxylic acids is 1. The second-order valence-corrected chi connectivity index (χ2v) is 7.04. The van der Waals surface area contributed by atoms with Gasteiger partial charge in [-0.05, 0) is 44.2 Å². The third-order valence-electron chi connectivity index (χ3n) is 3.07. The summed E-state index contributed by atoms with van der Waals surface area (Å²) in [5.74, 6) is -0.557. The van der Waals surface area contributed by atoms with E-state index < -0.39 is 16.0 Å². The third kappa shape index (κ3) is 5.05. The van der Waals surface area contributed by atoms with Crippen LogP contribution in [-0.2, 0) is 10.0 Å². The minimum Gasteiger partial charge on any atom is -0.491 e. The predicted octanol–water partition coefficient (Wildman–Crippen LogP) is 2.48. The highest BCUT2D eigenvalue weighted by atomic mass is 32.2. The van der Waals surface area contributed by atoms with Crippen molar-refractivity contribution >= 4 is 22.2 Å². The Kier molecular flexibility index (Phi) is 5.76. The molecule has 0 aliphatic heterocycles. The molecule has 132 valence electrons. The van der Waals surface area contributed by atoms with E-state index in [0.29, 0.717) is 11.3 Å². The average Bonchev–Trinajstić information content (AvgIpc) is 2.55. The molecule has 0 spiro atoms. The molecular weight excluding hydrogens is 344 g/mol. The number of ether oxygens (including phenoxy) is 1. The molecule has 0 saturated heterocycles. The summed E-state index contributed by atoms with van der Waals surface area (Å²) in [5, 5.41) is 12.7. The maximum Gasteiger partial charge on any atom is 0.336 e. The molecular formula is C17H18N2O5S. The fourth-order valence-electron chi connectivity index (χ4n) is 1.99. The van der Waals surface area contributed by atoms with E-state index in [1.165, 1.54) is 24.3 Å². The maximum atomic E-state index is 12.2. The largest absolute Gasteiger partial charge is 0.491 e. The molecule has 0 radical (unpaired) electrons. The van der Waals surface area contributed by atoms with Crippen molar-refractivity contribution < 1.29 is 23.1 Å². The SMILES string of the molecule is CC(C)Oc1ccc(S(=O)(=O)N/N=C/c2ccccc2C(=O)O)cc1. The van der Waals surface area contributed by atoms with Crippen LogP contribution in [0.15, 0.2) is 58.5 Å². The number of nitrogens with one attached hydrogen (secondary N) is 1. The van der Waals surface area contributed by atoms with E-state index in [4.69, 9.17) is 9.84 Å². The first kappa shape index (κ1) is 18.5. The Morgan fingerprint density at radius 3 is 2.40 bits per heavy atom. The van der Waals surface area contributed by atoms with Gasteiger partial charge in [0.15, 0.2) is 0 Å². The molecule has 0 bridgehead atoms.